The van der Waals surface area contributed by atoms with E-state index in [0.717, 1.165) is 17.9 Å². The van der Waals surface area contributed by atoms with Crippen molar-refractivity contribution in [1.29, 1.82) is 0 Å². The second-order valence-corrected chi connectivity index (χ2v) is 14.7. The van der Waals surface area contributed by atoms with Crippen LogP contribution in [-0.2, 0) is 0 Å². The van der Waals surface area contributed by atoms with Crippen LogP contribution < -0.4 is 15.9 Å². The molecular formula is C26H29BrClP. The fraction of sp³-hybridized carbons (Fsp3) is 0.231. The Morgan fingerprint density at radius 2 is 1.07 bits per heavy atom. The average molecular weight is 488 g/mol. The standard InChI is InChI=1S/C26H29BrClP/c27-22-14-3-1-2-4-15-23-29(28,24-16-8-5-9-17-24,25-18-10-6-11-19-25)26-20-12-7-13-21-26/h4-13,15-21H,1-3,14,22-23H2. The maximum absolute atomic E-state index is 8.01. The van der Waals surface area contributed by atoms with Gasteiger partial charge in [-0.3, -0.25) is 0 Å². The molecule has 0 aliphatic rings. The summed E-state index contributed by atoms with van der Waals surface area (Å²) in [5.41, 5.74) is 0. The molecule has 0 unspecified atom stereocenters. The number of hydrogen-bond acceptors (Lipinski definition) is 0. The van der Waals surface area contributed by atoms with Crippen LogP contribution in [0.3, 0.4) is 0 Å². The van der Waals surface area contributed by atoms with Gasteiger partial charge in [-0.2, -0.15) is 0 Å². The van der Waals surface area contributed by atoms with Gasteiger partial charge in [0.15, 0.2) is 0 Å². The van der Waals surface area contributed by atoms with Crippen molar-refractivity contribution >= 4 is 49.0 Å². The summed E-state index contributed by atoms with van der Waals surface area (Å²) in [4.78, 5) is 0. The number of unbranched alkanes of at least 4 members (excludes halogenated alkanes) is 3. The van der Waals surface area contributed by atoms with E-state index in [1.807, 2.05) is 0 Å². The molecule has 29 heavy (non-hydrogen) atoms. The van der Waals surface area contributed by atoms with Crippen molar-refractivity contribution in [3.63, 3.8) is 0 Å². The van der Waals surface area contributed by atoms with E-state index in [1.54, 1.807) is 0 Å². The third-order valence-corrected chi connectivity index (χ3v) is 13.3. The zero-order valence-corrected chi connectivity index (χ0v) is 20.0. The van der Waals surface area contributed by atoms with Crippen LogP contribution in [0.1, 0.15) is 25.7 Å². The van der Waals surface area contributed by atoms with Crippen molar-refractivity contribution in [2.75, 3.05) is 11.5 Å². The first-order valence-corrected chi connectivity index (χ1v) is 14.8. The fourth-order valence-corrected chi connectivity index (χ4v) is 10.0. The molecule has 0 heterocycles. The molecule has 152 valence electrons. The van der Waals surface area contributed by atoms with E-state index in [2.05, 4.69) is 119 Å². The van der Waals surface area contributed by atoms with Gasteiger partial charge in [0.25, 0.3) is 0 Å². The Morgan fingerprint density at radius 1 is 0.621 bits per heavy atom. The van der Waals surface area contributed by atoms with Gasteiger partial charge in [0, 0.05) is 0 Å². The molecule has 0 amide bonds. The fourth-order valence-electron chi connectivity index (χ4n) is 3.90. The Labute approximate surface area is 188 Å². The molecule has 3 heteroatoms. The van der Waals surface area contributed by atoms with E-state index in [-0.39, 0.29) is 0 Å². The van der Waals surface area contributed by atoms with E-state index in [9.17, 15) is 0 Å². The molecule has 0 nitrogen and oxygen atoms in total. The molecule has 0 saturated heterocycles. The molecule has 0 bridgehead atoms. The van der Waals surface area contributed by atoms with E-state index in [1.165, 1.54) is 35.2 Å². The first-order valence-electron chi connectivity index (χ1n) is 10.3. The van der Waals surface area contributed by atoms with Crippen LogP contribution in [-0.4, -0.2) is 11.5 Å². The van der Waals surface area contributed by atoms with E-state index >= 15 is 0 Å². The molecule has 0 aromatic heterocycles. The van der Waals surface area contributed by atoms with Crippen molar-refractivity contribution in [3.05, 3.63) is 103 Å². The molecule has 0 aliphatic carbocycles. The summed E-state index contributed by atoms with van der Waals surface area (Å²) in [6.45, 7) is 0. The number of rotatable bonds is 10. The summed E-state index contributed by atoms with van der Waals surface area (Å²) in [6.07, 6.45) is 10.3. The first kappa shape index (κ1) is 22.3. The number of halogens is 2. The Morgan fingerprint density at radius 3 is 1.48 bits per heavy atom. The Bertz CT molecular complexity index is 794. The van der Waals surface area contributed by atoms with Crippen LogP contribution in [0.5, 0.6) is 0 Å². The van der Waals surface area contributed by atoms with Crippen molar-refractivity contribution < 1.29 is 0 Å². The first-order chi connectivity index (χ1) is 14.2. The van der Waals surface area contributed by atoms with Gasteiger partial charge in [-0.15, -0.1) is 0 Å². The summed E-state index contributed by atoms with van der Waals surface area (Å²) in [5.74, 6) is -3.13. The quantitative estimate of drug-likeness (QED) is 0.123. The molecule has 0 aliphatic heterocycles. The van der Waals surface area contributed by atoms with E-state index in [0.29, 0.717) is 0 Å². The predicted molar refractivity (Wildman–Crippen MR) is 137 cm³/mol. The average Bonchev–Trinajstić information content (AvgIpc) is 2.80. The van der Waals surface area contributed by atoms with Gasteiger partial charge in [-0.1, -0.05) is 0 Å². The van der Waals surface area contributed by atoms with Crippen LogP contribution in [0, 0.1) is 0 Å². The van der Waals surface area contributed by atoms with Crippen LogP contribution in [0.25, 0.3) is 0 Å². The van der Waals surface area contributed by atoms with E-state index < -0.39 is 5.96 Å². The summed E-state index contributed by atoms with van der Waals surface area (Å²) < 4.78 is 0. The van der Waals surface area contributed by atoms with Crippen molar-refractivity contribution in [3.8, 4) is 0 Å². The molecule has 0 atom stereocenters. The molecule has 0 fully saturated rings. The minimum atomic E-state index is -3.13. The number of alkyl halides is 1. The van der Waals surface area contributed by atoms with Gasteiger partial charge in [0.2, 0.25) is 0 Å². The Kier molecular flexibility index (Phi) is 8.13. The third kappa shape index (κ3) is 4.85. The summed E-state index contributed by atoms with van der Waals surface area (Å²) in [5, 5.41) is 4.76. The maximum atomic E-state index is 8.01. The van der Waals surface area contributed by atoms with Crippen molar-refractivity contribution in [2.24, 2.45) is 0 Å². The molecule has 3 aromatic carbocycles. The zero-order chi connectivity index (χ0) is 20.4. The Balaban J connectivity index is 2.08. The van der Waals surface area contributed by atoms with Gasteiger partial charge >= 0.3 is 189 Å². The van der Waals surface area contributed by atoms with Crippen molar-refractivity contribution in [2.45, 2.75) is 25.7 Å². The molecule has 0 radical (unpaired) electrons. The van der Waals surface area contributed by atoms with E-state index in [4.69, 9.17) is 11.2 Å². The van der Waals surface area contributed by atoms with Crippen molar-refractivity contribution in [1.82, 2.24) is 0 Å². The van der Waals surface area contributed by atoms with Gasteiger partial charge in [0.1, 0.15) is 0 Å². The van der Waals surface area contributed by atoms with Gasteiger partial charge in [0.05, 0.1) is 0 Å². The molecule has 3 aromatic rings. The van der Waals surface area contributed by atoms with Crippen LogP contribution in [0.4, 0.5) is 0 Å². The second-order valence-electron chi connectivity index (χ2n) is 7.38. The molecule has 3 rings (SSSR count). The Hall–Kier alpha value is -1.40. The van der Waals surface area contributed by atoms with Gasteiger partial charge in [-0.25, -0.2) is 0 Å². The number of benzene rings is 3. The third-order valence-electron chi connectivity index (χ3n) is 5.50. The normalized spacial score (nSPS) is 13.2. The second kappa shape index (κ2) is 10.6. The number of allylic oxidation sites excluding steroid dienone is 2. The zero-order valence-electron chi connectivity index (χ0n) is 16.8. The van der Waals surface area contributed by atoms with Crippen LogP contribution in [0.15, 0.2) is 103 Å². The minimum absolute atomic E-state index is 0.823. The van der Waals surface area contributed by atoms with Crippen LogP contribution in [0.2, 0.25) is 0 Å². The summed E-state index contributed by atoms with van der Waals surface area (Å²) in [6, 6.07) is 32.1. The predicted octanol–water partition coefficient (Wildman–Crippen LogP) is 7.18. The molecule has 0 saturated carbocycles. The SMILES string of the molecule is ClP(CC=CCCCCCBr)(c1ccccc1)(c1ccccc1)c1ccccc1. The van der Waals surface area contributed by atoms with Gasteiger partial charge in [-0.05, 0) is 0 Å². The monoisotopic (exact) mass is 486 g/mol. The molecular weight excluding hydrogens is 459 g/mol. The van der Waals surface area contributed by atoms with Gasteiger partial charge < -0.3 is 0 Å². The summed E-state index contributed by atoms with van der Waals surface area (Å²) >= 11 is 11.5. The molecule has 0 spiro atoms. The molecule has 0 N–H and O–H groups in total. The van der Waals surface area contributed by atoms with Crippen LogP contribution >= 0.6 is 33.1 Å². The topological polar surface area (TPSA) is 0 Å². The number of hydrogen-bond donors (Lipinski definition) is 0. The summed E-state index contributed by atoms with van der Waals surface area (Å²) in [7, 11) is 0.